The van der Waals surface area contributed by atoms with Gasteiger partial charge in [-0.15, -0.1) is 0 Å². The Balaban J connectivity index is 2.03. The van der Waals surface area contributed by atoms with Crippen LogP contribution in [0.3, 0.4) is 0 Å². The van der Waals surface area contributed by atoms with Gasteiger partial charge in [-0.25, -0.2) is 8.78 Å². The van der Waals surface area contributed by atoms with Crippen molar-refractivity contribution >= 4 is 17.5 Å². The first-order chi connectivity index (χ1) is 10.9. The van der Waals surface area contributed by atoms with E-state index < -0.39 is 29.5 Å². The molecule has 0 aliphatic carbocycles. The number of benzene rings is 2. The lowest BCUT2D eigenvalue weighted by Gasteiger charge is -2.15. The zero-order chi connectivity index (χ0) is 17.0. The van der Waals surface area contributed by atoms with Crippen molar-refractivity contribution in [2.24, 2.45) is 0 Å². The molecule has 6 heteroatoms. The van der Waals surface area contributed by atoms with Gasteiger partial charge in [0.25, 0.3) is 5.91 Å². The second-order valence-corrected chi connectivity index (χ2v) is 5.12. The number of rotatable bonds is 4. The molecule has 0 saturated carbocycles. The quantitative estimate of drug-likeness (QED) is 0.910. The fourth-order valence-corrected chi connectivity index (χ4v) is 1.99. The summed E-state index contributed by atoms with van der Waals surface area (Å²) in [5.74, 6) is -2.22. The molecule has 2 rings (SSSR count). The maximum atomic E-state index is 13.5. The molecular formula is C17H16F2N2O2. The van der Waals surface area contributed by atoms with Gasteiger partial charge in [0, 0.05) is 5.69 Å². The summed E-state index contributed by atoms with van der Waals surface area (Å²) in [5.41, 5.74) is 0.875. The third-order valence-corrected chi connectivity index (χ3v) is 3.31. The van der Waals surface area contributed by atoms with Gasteiger partial charge >= 0.3 is 0 Å². The van der Waals surface area contributed by atoms with Crippen LogP contribution in [0.4, 0.5) is 14.5 Å². The van der Waals surface area contributed by atoms with Crippen LogP contribution in [-0.2, 0) is 4.79 Å². The topological polar surface area (TPSA) is 58.2 Å². The van der Waals surface area contributed by atoms with E-state index in [9.17, 15) is 18.4 Å². The maximum absolute atomic E-state index is 13.5. The highest BCUT2D eigenvalue weighted by Gasteiger charge is 2.19. The molecule has 0 heterocycles. The van der Waals surface area contributed by atoms with Gasteiger partial charge in [-0.2, -0.15) is 0 Å². The number of carbonyl (C=O) groups is 2. The van der Waals surface area contributed by atoms with Crippen molar-refractivity contribution in [2.75, 3.05) is 5.32 Å². The first kappa shape index (κ1) is 16.6. The SMILES string of the molecule is Cc1cc(F)ccc1NC(=O)[C@H](C)NC(=O)c1ccccc1F. The maximum Gasteiger partial charge on any atom is 0.254 e. The van der Waals surface area contributed by atoms with Crippen molar-refractivity contribution < 1.29 is 18.4 Å². The normalized spacial score (nSPS) is 11.7. The molecule has 0 aromatic heterocycles. The Bertz CT molecular complexity index is 747. The average Bonchev–Trinajstić information content (AvgIpc) is 2.50. The van der Waals surface area contributed by atoms with E-state index in [-0.39, 0.29) is 5.56 Å². The summed E-state index contributed by atoms with van der Waals surface area (Å²) in [6, 6.07) is 8.58. The van der Waals surface area contributed by atoms with E-state index in [1.54, 1.807) is 6.92 Å². The predicted molar refractivity (Wildman–Crippen MR) is 83.1 cm³/mol. The molecule has 1 atom stereocenters. The van der Waals surface area contributed by atoms with Crippen molar-refractivity contribution in [1.29, 1.82) is 0 Å². The first-order valence-electron chi connectivity index (χ1n) is 7.01. The van der Waals surface area contributed by atoms with E-state index >= 15 is 0 Å². The number of hydrogen-bond acceptors (Lipinski definition) is 2. The Morgan fingerprint density at radius 2 is 1.78 bits per heavy atom. The Hall–Kier alpha value is -2.76. The largest absolute Gasteiger partial charge is 0.340 e. The van der Waals surface area contributed by atoms with Crippen LogP contribution in [0, 0.1) is 18.6 Å². The Morgan fingerprint density at radius 1 is 1.09 bits per heavy atom. The monoisotopic (exact) mass is 318 g/mol. The van der Waals surface area contributed by atoms with Gasteiger partial charge in [0.2, 0.25) is 5.91 Å². The van der Waals surface area contributed by atoms with Crippen LogP contribution in [0.1, 0.15) is 22.8 Å². The fourth-order valence-electron chi connectivity index (χ4n) is 1.99. The lowest BCUT2D eigenvalue weighted by Crippen LogP contribution is -2.42. The molecule has 0 aliphatic rings. The van der Waals surface area contributed by atoms with Gasteiger partial charge in [0.15, 0.2) is 0 Å². The summed E-state index contributed by atoms with van der Waals surface area (Å²) in [6.07, 6.45) is 0. The Morgan fingerprint density at radius 3 is 2.43 bits per heavy atom. The van der Waals surface area contributed by atoms with Crippen LogP contribution in [-0.4, -0.2) is 17.9 Å². The van der Waals surface area contributed by atoms with E-state index in [0.717, 1.165) is 0 Å². The van der Waals surface area contributed by atoms with Crippen LogP contribution in [0.2, 0.25) is 0 Å². The van der Waals surface area contributed by atoms with Crippen molar-refractivity contribution in [3.8, 4) is 0 Å². The number of hydrogen-bond donors (Lipinski definition) is 2. The minimum atomic E-state index is -0.883. The molecule has 2 aromatic rings. The molecule has 0 spiro atoms. The van der Waals surface area contributed by atoms with Gasteiger partial charge in [-0.3, -0.25) is 9.59 Å². The van der Waals surface area contributed by atoms with Crippen LogP contribution >= 0.6 is 0 Å². The number of amides is 2. The summed E-state index contributed by atoms with van der Waals surface area (Å²) in [4.78, 5) is 24.1. The highest BCUT2D eigenvalue weighted by Crippen LogP contribution is 2.16. The Labute approximate surface area is 132 Å². The van der Waals surface area contributed by atoms with Crippen molar-refractivity contribution in [2.45, 2.75) is 19.9 Å². The fraction of sp³-hybridized carbons (Fsp3) is 0.176. The summed E-state index contributed by atoms with van der Waals surface area (Å²) in [7, 11) is 0. The zero-order valence-electron chi connectivity index (χ0n) is 12.7. The van der Waals surface area contributed by atoms with Crippen LogP contribution < -0.4 is 10.6 Å². The third-order valence-electron chi connectivity index (χ3n) is 3.31. The standard InChI is InChI=1S/C17H16F2N2O2/c1-10-9-12(18)7-8-15(10)21-16(22)11(2)20-17(23)13-5-3-4-6-14(13)19/h3-9,11H,1-2H3,(H,20,23)(H,21,22)/t11-/m0/s1. The Kier molecular flexibility index (Phi) is 5.05. The number of halogens is 2. The highest BCUT2D eigenvalue weighted by atomic mass is 19.1. The van der Waals surface area contributed by atoms with E-state index in [0.29, 0.717) is 11.3 Å². The lowest BCUT2D eigenvalue weighted by atomic mass is 10.1. The molecule has 0 aliphatic heterocycles. The molecule has 2 aromatic carbocycles. The molecule has 0 fully saturated rings. The van der Waals surface area contributed by atoms with E-state index in [1.807, 2.05) is 0 Å². The highest BCUT2D eigenvalue weighted by molar-refractivity contribution is 6.01. The van der Waals surface area contributed by atoms with Crippen LogP contribution in [0.25, 0.3) is 0 Å². The first-order valence-corrected chi connectivity index (χ1v) is 7.01. The number of carbonyl (C=O) groups excluding carboxylic acids is 2. The summed E-state index contributed by atoms with van der Waals surface area (Å²) in [5, 5.41) is 5.02. The van der Waals surface area contributed by atoms with E-state index in [1.165, 1.54) is 49.4 Å². The van der Waals surface area contributed by atoms with Gasteiger partial charge in [0.05, 0.1) is 5.56 Å². The summed E-state index contributed by atoms with van der Waals surface area (Å²) < 4.78 is 26.6. The summed E-state index contributed by atoms with van der Waals surface area (Å²) >= 11 is 0. The molecule has 120 valence electrons. The lowest BCUT2D eigenvalue weighted by molar-refractivity contribution is -0.117. The predicted octanol–water partition coefficient (Wildman–Crippen LogP) is 3.03. The minimum absolute atomic E-state index is 0.134. The second-order valence-electron chi connectivity index (χ2n) is 5.12. The third kappa shape index (κ3) is 4.12. The number of aryl methyl sites for hydroxylation is 1. The summed E-state index contributed by atoms with van der Waals surface area (Å²) in [6.45, 7) is 3.13. The number of anilines is 1. The smallest absolute Gasteiger partial charge is 0.254 e. The van der Waals surface area contributed by atoms with E-state index in [2.05, 4.69) is 10.6 Å². The molecule has 0 saturated heterocycles. The number of nitrogens with one attached hydrogen (secondary N) is 2. The van der Waals surface area contributed by atoms with Crippen LogP contribution in [0.5, 0.6) is 0 Å². The van der Waals surface area contributed by atoms with Crippen LogP contribution in [0.15, 0.2) is 42.5 Å². The van der Waals surface area contributed by atoms with Gasteiger partial charge in [-0.05, 0) is 49.7 Å². The van der Waals surface area contributed by atoms with Gasteiger partial charge in [-0.1, -0.05) is 12.1 Å². The van der Waals surface area contributed by atoms with Crippen molar-refractivity contribution in [1.82, 2.24) is 5.32 Å². The molecule has 2 N–H and O–H groups in total. The molecule has 0 radical (unpaired) electrons. The second kappa shape index (κ2) is 7.00. The molecule has 0 bridgehead atoms. The molecule has 0 unspecified atom stereocenters. The molecular weight excluding hydrogens is 302 g/mol. The van der Waals surface area contributed by atoms with Gasteiger partial charge in [0.1, 0.15) is 17.7 Å². The minimum Gasteiger partial charge on any atom is -0.340 e. The van der Waals surface area contributed by atoms with Crippen molar-refractivity contribution in [3.05, 3.63) is 65.2 Å². The molecule has 23 heavy (non-hydrogen) atoms. The van der Waals surface area contributed by atoms with Gasteiger partial charge < -0.3 is 10.6 Å². The zero-order valence-corrected chi connectivity index (χ0v) is 12.7. The average molecular weight is 318 g/mol. The van der Waals surface area contributed by atoms with E-state index in [4.69, 9.17) is 0 Å². The van der Waals surface area contributed by atoms with Crippen molar-refractivity contribution in [3.63, 3.8) is 0 Å². The molecule has 4 nitrogen and oxygen atoms in total. The molecule has 2 amide bonds.